The number of hydrogen-bond donors (Lipinski definition) is 1. The fourth-order valence-corrected chi connectivity index (χ4v) is 0.944. The molecule has 0 fully saturated rings. The van der Waals surface area contributed by atoms with Crippen molar-refractivity contribution in [3.8, 4) is 0 Å². The van der Waals surface area contributed by atoms with Crippen LogP contribution < -0.4 is 5.32 Å². The van der Waals surface area contributed by atoms with Crippen molar-refractivity contribution in [3.05, 3.63) is 11.7 Å². The maximum Gasteiger partial charge on any atom is 0.240 e. The fourth-order valence-electron chi connectivity index (χ4n) is 0.944. The Morgan fingerprint density at radius 2 is 2.29 bits per heavy atom. The number of ether oxygens (including phenoxy) is 1. The van der Waals surface area contributed by atoms with Gasteiger partial charge in [0.05, 0.1) is 13.2 Å². The van der Waals surface area contributed by atoms with Crippen LogP contribution in [0.1, 0.15) is 31.5 Å². The number of methoxy groups -OCH3 is 1. The summed E-state index contributed by atoms with van der Waals surface area (Å²) in [5, 5.41) is 6.99. The van der Waals surface area contributed by atoms with Crippen LogP contribution in [0.15, 0.2) is 4.52 Å². The van der Waals surface area contributed by atoms with Crippen LogP contribution in [0.5, 0.6) is 0 Å². The maximum absolute atomic E-state index is 5.04. The van der Waals surface area contributed by atoms with Crippen molar-refractivity contribution in [1.82, 2.24) is 15.5 Å². The van der Waals surface area contributed by atoms with E-state index in [0.717, 1.165) is 12.4 Å². The minimum atomic E-state index is 0.312. The van der Waals surface area contributed by atoms with Crippen LogP contribution in [0.4, 0.5) is 0 Å². The van der Waals surface area contributed by atoms with Gasteiger partial charge in [-0.2, -0.15) is 4.98 Å². The monoisotopic (exact) mass is 199 g/mol. The molecule has 80 valence electrons. The summed E-state index contributed by atoms with van der Waals surface area (Å²) in [6.45, 7) is 6.14. The van der Waals surface area contributed by atoms with Gasteiger partial charge < -0.3 is 14.6 Å². The van der Waals surface area contributed by atoms with Gasteiger partial charge in [0.1, 0.15) is 0 Å². The maximum atomic E-state index is 5.04. The van der Waals surface area contributed by atoms with Gasteiger partial charge in [-0.15, -0.1) is 0 Å². The van der Waals surface area contributed by atoms with Crippen LogP contribution in [0, 0.1) is 0 Å². The molecule has 0 spiro atoms. The molecular formula is C9H17N3O2. The number of hydrogen-bond acceptors (Lipinski definition) is 5. The Balaban J connectivity index is 2.29. The first-order chi connectivity index (χ1) is 6.74. The molecule has 0 aromatic carbocycles. The predicted octanol–water partition coefficient (Wildman–Crippen LogP) is 0.929. The molecule has 0 aliphatic carbocycles. The van der Waals surface area contributed by atoms with Crippen molar-refractivity contribution in [3.63, 3.8) is 0 Å². The van der Waals surface area contributed by atoms with Gasteiger partial charge in [-0.25, -0.2) is 0 Å². The summed E-state index contributed by atoms with van der Waals surface area (Å²) in [6.07, 6.45) is 0. The van der Waals surface area contributed by atoms with Crippen molar-refractivity contribution < 1.29 is 9.26 Å². The van der Waals surface area contributed by atoms with Gasteiger partial charge >= 0.3 is 0 Å². The van der Waals surface area contributed by atoms with E-state index < -0.39 is 0 Å². The van der Waals surface area contributed by atoms with Crippen molar-refractivity contribution in [2.24, 2.45) is 0 Å². The molecule has 1 rings (SSSR count). The third-order valence-corrected chi connectivity index (χ3v) is 1.76. The average Bonchev–Trinajstić information content (AvgIpc) is 2.61. The Labute approximate surface area is 83.8 Å². The molecule has 0 atom stereocenters. The van der Waals surface area contributed by atoms with E-state index in [1.54, 1.807) is 7.11 Å². The summed E-state index contributed by atoms with van der Waals surface area (Å²) in [6, 6.07) is 0. The summed E-state index contributed by atoms with van der Waals surface area (Å²) in [5.74, 6) is 1.70. The SMILES string of the molecule is COCCNCc1nc(C(C)C)no1. The zero-order valence-electron chi connectivity index (χ0n) is 8.91. The zero-order valence-corrected chi connectivity index (χ0v) is 8.91. The summed E-state index contributed by atoms with van der Waals surface area (Å²) in [7, 11) is 1.67. The van der Waals surface area contributed by atoms with E-state index in [4.69, 9.17) is 9.26 Å². The molecule has 0 saturated heterocycles. The van der Waals surface area contributed by atoms with E-state index >= 15 is 0 Å². The Morgan fingerprint density at radius 3 is 2.86 bits per heavy atom. The smallest absolute Gasteiger partial charge is 0.240 e. The molecule has 0 radical (unpaired) electrons. The Kier molecular flexibility index (Phi) is 4.55. The highest BCUT2D eigenvalue weighted by molar-refractivity contribution is 4.91. The molecule has 1 heterocycles. The molecule has 1 aromatic heterocycles. The van der Waals surface area contributed by atoms with Crippen LogP contribution in [-0.2, 0) is 11.3 Å². The Hall–Kier alpha value is -0.940. The van der Waals surface area contributed by atoms with Crippen molar-refractivity contribution >= 4 is 0 Å². The second-order valence-electron chi connectivity index (χ2n) is 3.37. The number of nitrogens with zero attached hydrogens (tertiary/aromatic N) is 2. The number of nitrogens with one attached hydrogen (secondary N) is 1. The number of aromatic nitrogens is 2. The average molecular weight is 199 g/mol. The lowest BCUT2D eigenvalue weighted by Crippen LogP contribution is -2.18. The standard InChI is InChI=1S/C9H17N3O2/c1-7(2)9-11-8(14-12-9)6-10-4-5-13-3/h7,10H,4-6H2,1-3H3. The predicted molar refractivity (Wildman–Crippen MR) is 52.0 cm³/mol. The van der Waals surface area contributed by atoms with E-state index in [2.05, 4.69) is 15.5 Å². The molecule has 0 amide bonds. The quantitative estimate of drug-likeness (QED) is 0.690. The summed E-state index contributed by atoms with van der Waals surface area (Å²) >= 11 is 0. The lowest BCUT2D eigenvalue weighted by molar-refractivity contribution is 0.197. The van der Waals surface area contributed by atoms with E-state index in [1.165, 1.54) is 0 Å². The fraction of sp³-hybridized carbons (Fsp3) is 0.778. The summed E-state index contributed by atoms with van der Waals surface area (Å²) < 4.78 is 9.94. The second kappa shape index (κ2) is 5.72. The largest absolute Gasteiger partial charge is 0.383 e. The third-order valence-electron chi connectivity index (χ3n) is 1.76. The Morgan fingerprint density at radius 1 is 1.50 bits per heavy atom. The first-order valence-corrected chi connectivity index (χ1v) is 4.76. The summed E-state index contributed by atoms with van der Waals surface area (Å²) in [4.78, 5) is 4.23. The molecule has 1 N–H and O–H groups in total. The highest BCUT2D eigenvalue weighted by Crippen LogP contribution is 2.08. The van der Waals surface area contributed by atoms with Crippen LogP contribution in [0.25, 0.3) is 0 Å². The lowest BCUT2D eigenvalue weighted by Gasteiger charge is -1.98. The van der Waals surface area contributed by atoms with Gasteiger partial charge in [0.15, 0.2) is 5.82 Å². The van der Waals surface area contributed by atoms with E-state index in [9.17, 15) is 0 Å². The lowest BCUT2D eigenvalue weighted by atomic mass is 10.2. The van der Waals surface area contributed by atoms with Crippen LogP contribution in [0.2, 0.25) is 0 Å². The normalized spacial score (nSPS) is 11.1. The highest BCUT2D eigenvalue weighted by atomic mass is 16.5. The molecule has 5 nitrogen and oxygen atoms in total. The first kappa shape index (κ1) is 11.1. The van der Waals surface area contributed by atoms with Crippen molar-refractivity contribution in [1.29, 1.82) is 0 Å². The molecule has 14 heavy (non-hydrogen) atoms. The van der Waals surface area contributed by atoms with Gasteiger partial charge in [-0.3, -0.25) is 0 Å². The van der Waals surface area contributed by atoms with Gasteiger partial charge in [0, 0.05) is 19.6 Å². The zero-order chi connectivity index (χ0) is 10.4. The second-order valence-corrected chi connectivity index (χ2v) is 3.37. The topological polar surface area (TPSA) is 60.2 Å². The molecule has 0 bridgehead atoms. The van der Waals surface area contributed by atoms with Gasteiger partial charge in [-0.1, -0.05) is 19.0 Å². The third kappa shape index (κ3) is 3.43. The minimum absolute atomic E-state index is 0.312. The van der Waals surface area contributed by atoms with Crippen molar-refractivity contribution in [2.45, 2.75) is 26.3 Å². The van der Waals surface area contributed by atoms with Crippen LogP contribution in [-0.4, -0.2) is 30.4 Å². The van der Waals surface area contributed by atoms with E-state index in [0.29, 0.717) is 25.0 Å². The molecule has 0 aliphatic rings. The highest BCUT2D eigenvalue weighted by Gasteiger charge is 2.08. The molecule has 5 heteroatoms. The van der Waals surface area contributed by atoms with Gasteiger partial charge in [0.25, 0.3) is 0 Å². The summed E-state index contributed by atoms with van der Waals surface area (Å²) in [5.41, 5.74) is 0. The molecule has 0 aliphatic heterocycles. The van der Waals surface area contributed by atoms with Gasteiger partial charge in [0.2, 0.25) is 5.89 Å². The molecule has 0 saturated carbocycles. The van der Waals surface area contributed by atoms with Crippen molar-refractivity contribution in [2.75, 3.05) is 20.3 Å². The van der Waals surface area contributed by atoms with E-state index in [1.807, 2.05) is 13.8 Å². The van der Waals surface area contributed by atoms with Crippen LogP contribution >= 0.6 is 0 Å². The van der Waals surface area contributed by atoms with Gasteiger partial charge in [-0.05, 0) is 0 Å². The minimum Gasteiger partial charge on any atom is -0.383 e. The number of rotatable bonds is 6. The Bertz CT molecular complexity index is 260. The van der Waals surface area contributed by atoms with E-state index in [-0.39, 0.29) is 0 Å². The molecular weight excluding hydrogens is 182 g/mol. The first-order valence-electron chi connectivity index (χ1n) is 4.76. The van der Waals surface area contributed by atoms with Crippen LogP contribution in [0.3, 0.4) is 0 Å². The molecule has 1 aromatic rings. The molecule has 0 unspecified atom stereocenters.